The number of benzene rings is 1. The fourth-order valence-electron chi connectivity index (χ4n) is 2.76. The van der Waals surface area contributed by atoms with Crippen LogP contribution in [0.25, 0.3) is 0 Å². The van der Waals surface area contributed by atoms with E-state index in [1.165, 1.54) is 22.3 Å². The molecule has 1 aromatic carbocycles. The minimum atomic E-state index is 0.327. The Balaban J connectivity index is 2.21. The lowest BCUT2D eigenvalue weighted by Crippen LogP contribution is -2.23. The highest BCUT2D eigenvalue weighted by Crippen LogP contribution is 2.20. The summed E-state index contributed by atoms with van der Waals surface area (Å²) in [6.45, 7) is 9.60. The zero-order valence-corrected chi connectivity index (χ0v) is 13.6. The van der Waals surface area contributed by atoms with Gasteiger partial charge in [-0.1, -0.05) is 49.2 Å². The summed E-state index contributed by atoms with van der Waals surface area (Å²) in [6, 6.07) is 11.5. The van der Waals surface area contributed by atoms with Crippen molar-refractivity contribution >= 4 is 0 Å². The molecule has 21 heavy (non-hydrogen) atoms. The number of pyridine rings is 1. The van der Waals surface area contributed by atoms with Gasteiger partial charge in [0, 0.05) is 24.4 Å². The Kier molecular flexibility index (Phi) is 5.51. The van der Waals surface area contributed by atoms with Crippen LogP contribution in [-0.4, -0.2) is 11.5 Å². The minimum Gasteiger partial charge on any atom is -0.310 e. The van der Waals surface area contributed by atoms with E-state index >= 15 is 0 Å². The molecule has 0 aliphatic carbocycles. The monoisotopic (exact) mass is 282 g/mol. The Morgan fingerprint density at radius 3 is 2.29 bits per heavy atom. The van der Waals surface area contributed by atoms with Crippen LogP contribution in [0.1, 0.15) is 47.8 Å². The van der Waals surface area contributed by atoms with E-state index in [4.69, 9.17) is 0 Å². The van der Waals surface area contributed by atoms with Crippen molar-refractivity contribution in [3.05, 3.63) is 64.5 Å². The van der Waals surface area contributed by atoms with Gasteiger partial charge in [0.05, 0.1) is 0 Å². The summed E-state index contributed by atoms with van der Waals surface area (Å²) in [5, 5.41) is 3.59. The molecule has 0 amide bonds. The number of likely N-dealkylation sites (N-methyl/N-ethyl adjacent to an activating group) is 1. The topological polar surface area (TPSA) is 24.9 Å². The Bertz CT molecular complexity index is 552. The van der Waals surface area contributed by atoms with Crippen molar-refractivity contribution < 1.29 is 0 Å². The van der Waals surface area contributed by atoms with Crippen molar-refractivity contribution in [2.75, 3.05) is 6.54 Å². The average molecular weight is 282 g/mol. The lowest BCUT2D eigenvalue weighted by molar-refractivity contribution is 0.543. The second-order valence-corrected chi connectivity index (χ2v) is 5.75. The zero-order chi connectivity index (χ0) is 15.2. The largest absolute Gasteiger partial charge is 0.310 e. The first-order valence-corrected chi connectivity index (χ1v) is 7.87. The smallest absolute Gasteiger partial charge is 0.0422 e. The van der Waals surface area contributed by atoms with Crippen molar-refractivity contribution in [1.82, 2.24) is 10.3 Å². The van der Waals surface area contributed by atoms with Crippen LogP contribution in [0.15, 0.2) is 36.5 Å². The molecule has 0 spiro atoms. The quantitative estimate of drug-likeness (QED) is 0.860. The van der Waals surface area contributed by atoms with Crippen molar-refractivity contribution in [1.29, 1.82) is 0 Å². The predicted octanol–water partition coefficient (Wildman–Crippen LogP) is 4.15. The highest BCUT2D eigenvalue weighted by Gasteiger charge is 2.12. The molecule has 0 fully saturated rings. The highest BCUT2D eigenvalue weighted by molar-refractivity contribution is 5.31. The molecule has 2 aromatic rings. The second-order valence-electron chi connectivity index (χ2n) is 5.75. The summed E-state index contributed by atoms with van der Waals surface area (Å²) in [7, 11) is 0. The SMILES string of the molecule is CCNC(Cc1ccc(CC)cn1)c1cc(C)cc(C)c1. The maximum Gasteiger partial charge on any atom is 0.0422 e. The molecular weight excluding hydrogens is 256 g/mol. The predicted molar refractivity (Wildman–Crippen MR) is 89.7 cm³/mol. The van der Waals surface area contributed by atoms with Gasteiger partial charge in [-0.15, -0.1) is 0 Å². The van der Waals surface area contributed by atoms with Crippen LogP contribution in [0.4, 0.5) is 0 Å². The number of hydrogen-bond acceptors (Lipinski definition) is 2. The van der Waals surface area contributed by atoms with E-state index in [2.05, 4.69) is 68.3 Å². The van der Waals surface area contributed by atoms with Gasteiger partial charge in [0.25, 0.3) is 0 Å². The van der Waals surface area contributed by atoms with Crippen LogP contribution < -0.4 is 5.32 Å². The van der Waals surface area contributed by atoms with Crippen LogP contribution in [-0.2, 0) is 12.8 Å². The summed E-state index contributed by atoms with van der Waals surface area (Å²) in [5.41, 5.74) is 6.45. The van der Waals surface area contributed by atoms with Crippen molar-refractivity contribution in [2.24, 2.45) is 0 Å². The third-order valence-electron chi connectivity index (χ3n) is 3.80. The van der Waals surface area contributed by atoms with Crippen LogP contribution in [0.3, 0.4) is 0 Å². The first kappa shape index (κ1) is 15.7. The van der Waals surface area contributed by atoms with Crippen LogP contribution in [0.2, 0.25) is 0 Å². The van der Waals surface area contributed by atoms with Gasteiger partial charge in [-0.05, 0) is 44.0 Å². The Hall–Kier alpha value is -1.67. The summed E-state index contributed by atoms with van der Waals surface area (Å²) in [4.78, 5) is 4.60. The first-order chi connectivity index (χ1) is 10.1. The Labute approximate surface area is 128 Å². The molecule has 1 atom stereocenters. The Morgan fingerprint density at radius 1 is 1.05 bits per heavy atom. The third-order valence-corrected chi connectivity index (χ3v) is 3.80. The molecule has 0 aliphatic heterocycles. The molecular formula is C19H26N2. The number of hydrogen-bond donors (Lipinski definition) is 1. The van der Waals surface area contributed by atoms with Crippen molar-refractivity contribution in [3.63, 3.8) is 0 Å². The van der Waals surface area contributed by atoms with Crippen LogP contribution in [0, 0.1) is 13.8 Å². The maximum absolute atomic E-state index is 4.60. The van der Waals surface area contributed by atoms with Crippen LogP contribution in [0.5, 0.6) is 0 Å². The molecule has 112 valence electrons. The van der Waals surface area contributed by atoms with E-state index in [-0.39, 0.29) is 0 Å². The number of aromatic nitrogens is 1. The molecule has 2 heteroatoms. The van der Waals surface area contributed by atoms with Gasteiger partial charge in [-0.2, -0.15) is 0 Å². The second kappa shape index (κ2) is 7.37. The normalized spacial score (nSPS) is 12.4. The van der Waals surface area contributed by atoms with E-state index in [0.717, 1.165) is 25.1 Å². The van der Waals surface area contributed by atoms with Gasteiger partial charge < -0.3 is 5.32 Å². The van der Waals surface area contributed by atoms with E-state index in [0.29, 0.717) is 6.04 Å². The lowest BCUT2D eigenvalue weighted by atomic mass is 9.97. The molecule has 0 radical (unpaired) electrons. The summed E-state index contributed by atoms with van der Waals surface area (Å²) >= 11 is 0. The maximum atomic E-state index is 4.60. The molecule has 0 bridgehead atoms. The molecule has 1 N–H and O–H groups in total. The molecule has 2 nitrogen and oxygen atoms in total. The molecule has 0 saturated heterocycles. The van der Waals surface area contributed by atoms with Gasteiger partial charge in [0.15, 0.2) is 0 Å². The molecule has 0 aliphatic rings. The average Bonchev–Trinajstić information content (AvgIpc) is 2.46. The molecule has 1 aromatic heterocycles. The summed E-state index contributed by atoms with van der Waals surface area (Å²) in [6.07, 6.45) is 3.97. The van der Waals surface area contributed by atoms with E-state index in [1.807, 2.05) is 6.20 Å². The van der Waals surface area contributed by atoms with E-state index in [1.54, 1.807) is 0 Å². The number of nitrogens with one attached hydrogen (secondary N) is 1. The van der Waals surface area contributed by atoms with Gasteiger partial charge in [-0.25, -0.2) is 0 Å². The van der Waals surface area contributed by atoms with Gasteiger partial charge in [-0.3, -0.25) is 4.98 Å². The summed E-state index contributed by atoms with van der Waals surface area (Å²) in [5.74, 6) is 0. The molecule has 1 unspecified atom stereocenters. The molecule has 2 rings (SSSR count). The van der Waals surface area contributed by atoms with Crippen LogP contribution >= 0.6 is 0 Å². The molecule has 1 heterocycles. The summed E-state index contributed by atoms with van der Waals surface area (Å²) < 4.78 is 0. The van der Waals surface area contributed by atoms with Crippen molar-refractivity contribution in [2.45, 2.75) is 46.6 Å². The highest BCUT2D eigenvalue weighted by atomic mass is 14.9. The van der Waals surface area contributed by atoms with Gasteiger partial charge in [0.1, 0.15) is 0 Å². The van der Waals surface area contributed by atoms with Gasteiger partial charge in [0.2, 0.25) is 0 Å². The van der Waals surface area contributed by atoms with Crippen molar-refractivity contribution in [3.8, 4) is 0 Å². The third kappa shape index (κ3) is 4.40. The standard InChI is InChI=1S/C19H26N2/c1-5-16-7-8-18(21-13-16)12-19(20-6-2)17-10-14(3)9-15(4)11-17/h7-11,13,19-20H,5-6,12H2,1-4H3. The van der Waals surface area contributed by atoms with E-state index < -0.39 is 0 Å². The lowest BCUT2D eigenvalue weighted by Gasteiger charge is -2.19. The fourth-order valence-corrected chi connectivity index (χ4v) is 2.76. The zero-order valence-electron chi connectivity index (χ0n) is 13.6. The minimum absolute atomic E-state index is 0.327. The number of rotatable bonds is 6. The fraction of sp³-hybridized carbons (Fsp3) is 0.421. The first-order valence-electron chi connectivity index (χ1n) is 7.87. The Morgan fingerprint density at radius 2 is 1.76 bits per heavy atom. The van der Waals surface area contributed by atoms with Gasteiger partial charge >= 0.3 is 0 Å². The number of nitrogens with zero attached hydrogens (tertiary/aromatic N) is 1. The number of aryl methyl sites for hydroxylation is 3. The van der Waals surface area contributed by atoms with E-state index in [9.17, 15) is 0 Å². The molecule has 0 saturated carbocycles.